The molecular formula is C19H24N4O5. The van der Waals surface area contributed by atoms with Crippen molar-refractivity contribution in [1.29, 1.82) is 0 Å². The zero-order chi connectivity index (χ0) is 19.5. The number of carbonyl (C=O) groups is 2. The average Bonchev–Trinajstić information content (AvgIpc) is 3.10. The maximum absolute atomic E-state index is 12.2. The Morgan fingerprint density at radius 1 is 1.32 bits per heavy atom. The van der Waals surface area contributed by atoms with Crippen LogP contribution in [-0.4, -0.2) is 57.2 Å². The Bertz CT molecular complexity index is 808. The van der Waals surface area contributed by atoms with E-state index in [1.54, 1.807) is 12.1 Å². The zero-order valence-corrected chi connectivity index (χ0v) is 15.5. The number of aliphatic carboxylic acids is 1. The van der Waals surface area contributed by atoms with Gasteiger partial charge in [0, 0.05) is 31.5 Å². The van der Waals surface area contributed by atoms with Crippen LogP contribution in [0.5, 0.6) is 0 Å². The van der Waals surface area contributed by atoms with Crippen molar-refractivity contribution >= 4 is 11.9 Å². The molecule has 0 radical (unpaired) electrons. The fourth-order valence-corrected chi connectivity index (χ4v) is 3.53. The number of carboxylic acid groups (broad SMARTS) is 1. The van der Waals surface area contributed by atoms with Gasteiger partial charge in [0.2, 0.25) is 17.6 Å². The Balaban J connectivity index is 1.18. The molecule has 1 amide bonds. The highest BCUT2D eigenvalue weighted by molar-refractivity contribution is 5.76. The lowest BCUT2D eigenvalue weighted by atomic mass is 9.85. The van der Waals surface area contributed by atoms with Gasteiger partial charge in [-0.2, -0.15) is 4.98 Å². The first-order valence-electron chi connectivity index (χ1n) is 9.68. The van der Waals surface area contributed by atoms with Crippen LogP contribution in [0.25, 0.3) is 11.6 Å². The number of amides is 1. The highest BCUT2D eigenvalue weighted by atomic mass is 16.5. The number of aryl methyl sites for hydroxylation is 1. The smallest absolute Gasteiger partial charge is 0.317 e. The molecule has 2 aliphatic carbocycles. The SMILES string of the molecule is O=C(O)CN(CC1CC1)C1CC(NC(=O)CCc2nc(-c3ccco3)no2)C1. The van der Waals surface area contributed by atoms with E-state index in [-0.39, 0.29) is 31.0 Å². The number of nitrogens with zero attached hydrogens (tertiary/aromatic N) is 3. The monoisotopic (exact) mass is 388 g/mol. The number of rotatable bonds is 10. The van der Waals surface area contributed by atoms with Crippen LogP contribution in [0.2, 0.25) is 0 Å². The summed E-state index contributed by atoms with van der Waals surface area (Å²) in [6, 6.07) is 3.83. The molecule has 2 heterocycles. The minimum absolute atomic E-state index is 0.0619. The van der Waals surface area contributed by atoms with Crippen molar-refractivity contribution in [1.82, 2.24) is 20.4 Å². The van der Waals surface area contributed by atoms with E-state index in [1.807, 2.05) is 0 Å². The van der Waals surface area contributed by atoms with Gasteiger partial charge in [-0.15, -0.1) is 0 Å². The van der Waals surface area contributed by atoms with Crippen molar-refractivity contribution in [2.45, 2.75) is 50.6 Å². The van der Waals surface area contributed by atoms with Crippen LogP contribution in [0.4, 0.5) is 0 Å². The van der Waals surface area contributed by atoms with Crippen molar-refractivity contribution in [2.24, 2.45) is 5.92 Å². The molecule has 28 heavy (non-hydrogen) atoms. The molecule has 4 rings (SSSR count). The van der Waals surface area contributed by atoms with E-state index >= 15 is 0 Å². The minimum Gasteiger partial charge on any atom is -0.480 e. The van der Waals surface area contributed by atoms with Gasteiger partial charge in [-0.05, 0) is 43.7 Å². The van der Waals surface area contributed by atoms with E-state index in [4.69, 9.17) is 14.0 Å². The van der Waals surface area contributed by atoms with E-state index in [0.29, 0.717) is 29.8 Å². The van der Waals surface area contributed by atoms with Crippen LogP contribution in [0, 0.1) is 5.92 Å². The largest absolute Gasteiger partial charge is 0.480 e. The second-order valence-corrected chi connectivity index (χ2v) is 7.65. The van der Waals surface area contributed by atoms with Gasteiger partial charge in [-0.3, -0.25) is 14.5 Å². The van der Waals surface area contributed by atoms with Gasteiger partial charge < -0.3 is 19.4 Å². The molecule has 2 aliphatic rings. The number of furan rings is 1. The highest BCUT2D eigenvalue weighted by Gasteiger charge is 2.37. The van der Waals surface area contributed by atoms with Crippen molar-refractivity contribution in [3.05, 3.63) is 24.3 Å². The van der Waals surface area contributed by atoms with E-state index in [2.05, 4.69) is 20.4 Å². The van der Waals surface area contributed by atoms with Gasteiger partial charge in [-0.25, -0.2) is 0 Å². The van der Waals surface area contributed by atoms with Crippen LogP contribution >= 0.6 is 0 Å². The Morgan fingerprint density at radius 2 is 2.14 bits per heavy atom. The molecule has 2 aromatic rings. The van der Waals surface area contributed by atoms with Gasteiger partial charge in [0.15, 0.2) is 5.76 Å². The molecule has 150 valence electrons. The van der Waals surface area contributed by atoms with Crippen molar-refractivity contribution in [2.75, 3.05) is 13.1 Å². The molecule has 0 bridgehead atoms. The standard InChI is InChI=1S/C19H24N4O5/c24-16(5-6-17-21-19(22-28-17)15-2-1-7-27-15)20-13-8-14(9-13)23(11-18(25)26)10-12-3-4-12/h1-2,7,12-14H,3-6,8-11H2,(H,20,24)(H,25,26). The first-order valence-corrected chi connectivity index (χ1v) is 9.68. The molecule has 9 nitrogen and oxygen atoms in total. The van der Waals surface area contributed by atoms with E-state index in [9.17, 15) is 9.59 Å². The summed E-state index contributed by atoms with van der Waals surface area (Å²) in [6.07, 6.45) is 6.15. The molecule has 0 aliphatic heterocycles. The molecule has 2 N–H and O–H groups in total. The number of carbonyl (C=O) groups excluding carboxylic acids is 1. The van der Waals surface area contributed by atoms with E-state index in [1.165, 1.54) is 19.1 Å². The van der Waals surface area contributed by atoms with Crippen molar-refractivity contribution < 1.29 is 23.6 Å². The highest BCUT2D eigenvalue weighted by Crippen LogP contribution is 2.33. The second-order valence-electron chi connectivity index (χ2n) is 7.65. The van der Waals surface area contributed by atoms with Crippen LogP contribution in [0.1, 0.15) is 38.0 Å². The summed E-state index contributed by atoms with van der Waals surface area (Å²) in [5, 5.41) is 15.9. The molecule has 2 fully saturated rings. The van der Waals surface area contributed by atoms with E-state index in [0.717, 1.165) is 19.4 Å². The number of hydrogen-bond donors (Lipinski definition) is 2. The Labute approximate surface area is 162 Å². The number of hydrogen-bond acceptors (Lipinski definition) is 7. The summed E-state index contributed by atoms with van der Waals surface area (Å²) in [5.41, 5.74) is 0. The predicted molar refractivity (Wildman–Crippen MR) is 97.2 cm³/mol. The van der Waals surface area contributed by atoms with Gasteiger partial charge in [0.25, 0.3) is 0 Å². The summed E-state index contributed by atoms with van der Waals surface area (Å²) >= 11 is 0. The van der Waals surface area contributed by atoms with Gasteiger partial charge in [0.05, 0.1) is 12.8 Å². The van der Waals surface area contributed by atoms with Crippen LogP contribution in [0.15, 0.2) is 27.3 Å². The number of nitrogens with one attached hydrogen (secondary N) is 1. The third kappa shape index (κ3) is 4.78. The molecule has 2 saturated carbocycles. The van der Waals surface area contributed by atoms with Gasteiger partial charge in [-0.1, -0.05) is 5.16 Å². The first kappa shape index (κ1) is 18.7. The molecule has 0 spiro atoms. The first-order chi connectivity index (χ1) is 13.6. The van der Waals surface area contributed by atoms with Gasteiger partial charge in [0.1, 0.15) is 0 Å². The van der Waals surface area contributed by atoms with Crippen molar-refractivity contribution in [3.63, 3.8) is 0 Å². The van der Waals surface area contributed by atoms with E-state index < -0.39 is 5.97 Å². The Morgan fingerprint density at radius 3 is 2.82 bits per heavy atom. The normalized spacial score (nSPS) is 21.5. The molecule has 0 atom stereocenters. The molecule has 9 heteroatoms. The zero-order valence-electron chi connectivity index (χ0n) is 15.5. The molecule has 0 unspecified atom stereocenters. The maximum Gasteiger partial charge on any atom is 0.317 e. The van der Waals surface area contributed by atoms with Gasteiger partial charge >= 0.3 is 5.97 Å². The lowest BCUT2D eigenvalue weighted by Gasteiger charge is -2.42. The van der Waals surface area contributed by atoms with Crippen LogP contribution in [-0.2, 0) is 16.0 Å². The number of carboxylic acids is 1. The Kier molecular flexibility index (Phi) is 5.43. The number of aromatic nitrogens is 2. The second kappa shape index (κ2) is 8.14. The quantitative estimate of drug-likeness (QED) is 0.631. The topological polar surface area (TPSA) is 122 Å². The van der Waals surface area contributed by atoms with Crippen molar-refractivity contribution in [3.8, 4) is 11.6 Å². The fraction of sp³-hybridized carbons (Fsp3) is 0.579. The average molecular weight is 388 g/mol. The van der Waals surface area contributed by atoms with Crippen LogP contribution < -0.4 is 5.32 Å². The van der Waals surface area contributed by atoms with Crippen LogP contribution in [0.3, 0.4) is 0 Å². The minimum atomic E-state index is -0.790. The summed E-state index contributed by atoms with van der Waals surface area (Å²) in [4.78, 5) is 29.5. The Hall–Kier alpha value is -2.68. The molecule has 2 aromatic heterocycles. The summed E-state index contributed by atoms with van der Waals surface area (Å²) in [5.74, 6) is 1.09. The summed E-state index contributed by atoms with van der Waals surface area (Å²) in [7, 11) is 0. The predicted octanol–water partition coefficient (Wildman–Crippen LogP) is 1.71. The molecular weight excluding hydrogens is 364 g/mol. The lowest BCUT2D eigenvalue weighted by Crippen LogP contribution is -2.55. The lowest BCUT2D eigenvalue weighted by molar-refractivity contribution is -0.140. The third-order valence-corrected chi connectivity index (χ3v) is 5.30. The molecule has 0 saturated heterocycles. The third-order valence-electron chi connectivity index (χ3n) is 5.30. The fourth-order valence-electron chi connectivity index (χ4n) is 3.53. The maximum atomic E-state index is 12.2. The molecule has 0 aromatic carbocycles. The summed E-state index contributed by atoms with van der Waals surface area (Å²) in [6.45, 7) is 0.934. The summed E-state index contributed by atoms with van der Waals surface area (Å²) < 4.78 is 10.4.